The van der Waals surface area contributed by atoms with Crippen molar-refractivity contribution in [1.82, 2.24) is 5.32 Å². The molecule has 20 heavy (non-hydrogen) atoms. The van der Waals surface area contributed by atoms with Crippen LogP contribution in [-0.4, -0.2) is 22.5 Å². The van der Waals surface area contributed by atoms with Crippen LogP contribution in [0.25, 0.3) is 0 Å². The first kappa shape index (κ1) is 15.7. The highest BCUT2D eigenvalue weighted by Gasteiger charge is 2.31. The number of amides is 1. The number of nitriles is 1. The first-order valence-corrected chi connectivity index (χ1v) is 6.29. The van der Waals surface area contributed by atoms with Crippen LogP contribution in [0.15, 0.2) is 18.2 Å². The maximum atomic E-state index is 12.3. The van der Waals surface area contributed by atoms with Gasteiger partial charge in [0.1, 0.15) is 5.54 Å². The number of carboxylic acids is 1. The third-order valence-electron chi connectivity index (χ3n) is 3.41. The fraction of sp³-hybridized carbons (Fsp3) is 0.400. The molecule has 0 aromatic heterocycles. The van der Waals surface area contributed by atoms with Crippen LogP contribution in [0.3, 0.4) is 0 Å². The lowest BCUT2D eigenvalue weighted by molar-refractivity contribution is 0.0689. The standard InChI is InChI=1S/C15H18N2O3/c1-9(2)15(4,8-16)17-13(18)12-7-10(3)5-6-11(12)14(19)20/h5-7,9H,1-4H3,(H,17,18)(H,19,20). The maximum absolute atomic E-state index is 12.3. The van der Waals surface area contributed by atoms with Gasteiger partial charge in [0.15, 0.2) is 0 Å². The zero-order valence-electron chi connectivity index (χ0n) is 12.0. The van der Waals surface area contributed by atoms with Gasteiger partial charge in [-0.15, -0.1) is 0 Å². The Morgan fingerprint density at radius 3 is 2.40 bits per heavy atom. The molecule has 0 radical (unpaired) electrons. The van der Waals surface area contributed by atoms with E-state index in [1.807, 2.05) is 13.8 Å². The third kappa shape index (κ3) is 3.15. The van der Waals surface area contributed by atoms with E-state index >= 15 is 0 Å². The molecule has 0 aliphatic heterocycles. The van der Waals surface area contributed by atoms with Gasteiger partial charge < -0.3 is 10.4 Å². The van der Waals surface area contributed by atoms with Gasteiger partial charge in [-0.3, -0.25) is 4.79 Å². The van der Waals surface area contributed by atoms with Gasteiger partial charge >= 0.3 is 5.97 Å². The number of carbonyl (C=O) groups is 2. The second-order valence-electron chi connectivity index (χ2n) is 5.28. The molecule has 1 amide bonds. The smallest absolute Gasteiger partial charge is 0.336 e. The lowest BCUT2D eigenvalue weighted by Gasteiger charge is -2.27. The van der Waals surface area contributed by atoms with E-state index in [-0.39, 0.29) is 17.0 Å². The van der Waals surface area contributed by atoms with E-state index in [1.165, 1.54) is 12.1 Å². The fourth-order valence-corrected chi connectivity index (χ4v) is 1.64. The highest BCUT2D eigenvalue weighted by atomic mass is 16.4. The predicted octanol–water partition coefficient (Wildman–Crippen LogP) is 2.36. The molecule has 0 spiro atoms. The molecule has 1 aromatic carbocycles. The lowest BCUT2D eigenvalue weighted by atomic mass is 9.89. The minimum atomic E-state index is -1.17. The first-order valence-electron chi connectivity index (χ1n) is 6.29. The van der Waals surface area contributed by atoms with E-state index in [0.717, 1.165) is 5.56 Å². The van der Waals surface area contributed by atoms with Crippen molar-refractivity contribution in [3.05, 3.63) is 34.9 Å². The number of hydrogen-bond acceptors (Lipinski definition) is 3. The number of rotatable bonds is 4. The van der Waals surface area contributed by atoms with Crippen molar-refractivity contribution in [1.29, 1.82) is 5.26 Å². The van der Waals surface area contributed by atoms with E-state index in [0.29, 0.717) is 0 Å². The summed E-state index contributed by atoms with van der Waals surface area (Å²) in [6.45, 7) is 7.02. The van der Waals surface area contributed by atoms with Crippen LogP contribution in [-0.2, 0) is 0 Å². The van der Waals surface area contributed by atoms with Crippen LogP contribution < -0.4 is 5.32 Å². The molecule has 0 saturated heterocycles. The zero-order valence-corrected chi connectivity index (χ0v) is 12.0. The van der Waals surface area contributed by atoms with Gasteiger partial charge in [0.25, 0.3) is 5.91 Å². The second kappa shape index (κ2) is 5.74. The summed E-state index contributed by atoms with van der Waals surface area (Å²) in [6.07, 6.45) is 0. The molecule has 0 aliphatic rings. The second-order valence-corrected chi connectivity index (χ2v) is 5.28. The number of benzene rings is 1. The number of aromatic carboxylic acids is 1. The minimum Gasteiger partial charge on any atom is -0.478 e. The summed E-state index contributed by atoms with van der Waals surface area (Å²) in [5.74, 6) is -1.82. The van der Waals surface area contributed by atoms with Crippen molar-refractivity contribution in [2.24, 2.45) is 5.92 Å². The van der Waals surface area contributed by atoms with Gasteiger partial charge in [0.05, 0.1) is 17.2 Å². The Morgan fingerprint density at radius 1 is 1.35 bits per heavy atom. The van der Waals surface area contributed by atoms with Crippen molar-refractivity contribution < 1.29 is 14.7 Å². The summed E-state index contributed by atoms with van der Waals surface area (Å²) >= 11 is 0. The van der Waals surface area contributed by atoms with Crippen molar-refractivity contribution in [2.45, 2.75) is 33.2 Å². The van der Waals surface area contributed by atoms with Crippen molar-refractivity contribution in [3.8, 4) is 6.07 Å². The molecule has 106 valence electrons. The SMILES string of the molecule is Cc1ccc(C(=O)O)c(C(=O)NC(C)(C#N)C(C)C)c1. The molecule has 0 heterocycles. The molecule has 0 fully saturated rings. The summed E-state index contributed by atoms with van der Waals surface area (Å²) < 4.78 is 0. The molecule has 1 aromatic rings. The first-order chi connectivity index (χ1) is 9.21. The van der Waals surface area contributed by atoms with Gasteiger partial charge in [-0.25, -0.2) is 4.79 Å². The molecule has 0 saturated carbocycles. The topological polar surface area (TPSA) is 90.2 Å². The average Bonchev–Trinajstić information content (AvgIpc) is 2.37. The van der Waals surface area contributed by atoms with Crippen LogP contribution >= 0.6 is 0 Å². The van der Waals surface area contributed by atoms with E-state index < -0.39 is 17.4 Å². The molecular formula is C15H18N2O3. The monoisotopic (exact) mass is 274 g/mol. The number of hydrogen-bond donors (Lipinski definition) is 2. The van der Waals surface area contributed by atoms with Crippen molar-refractivity contribution in [2.75, 3.05) is 0 Å². The Kier molecular flexibility index (Phi) is 4.51. The Hall–Kier alpha value is -2.35. The zero-order chi connectivity index (χ0) is 15.5. The predicted molar refractivity (Wildman–Crippen MR) is 74.5 cm³/mol. The van der Waals surface area contributed by atoms with E-state index in [2.05, 4.69) is 11.4 Å². The molecule has 1 rings (SSSR count). The maximum Gasteiger partial charge on any atom is 0.336 e. The van der Waals surface area contributed by atoms with E-state index in [1.54, 1.807) is 19.9 Å². The van der Waals surface area contributed by atoms with Crippen LogP contribution in [0, 0.1) is 24.2 Å². The van der Waals surface area contributed by atoms with Gasteiger partial charge in [0, 0.05) is 0 Å². The number of nitrogens with zero attached hydrogens (tertiary/aromatic N) is 1. The fourth-order valence-electron chi connectivity index (χ4n) is 1.64. The van der Waals surface area contributed by atoms with Gasteiger partial charge in [-0.05, 0) is 31.9 Å². The van der Waals surface area contributed by atoms with Crippen molar-refractivity contribution in [3.63, 3.8) is 0 Å². The summed E-state index contributed by atoms with van der Waals surface area (Å²) in [5, 5.41) is 20.9. The lowest BCUT2D eigenvalue weighted by Crippen LogP contribution is -2.49. The molecule has 0 bridgehead atoms. The Balaban J connectivity index is 3.19. The number of aryl methyl sites for hydroxylation is 1. The molecule has 0 aliphatic carbocycles. The molecule has 1 unspecified atom stereocenters. The summed E-state index contributed by atoms with van der Waals surface area (Å²) in [5.41, 5.74) is -0.267. The highest BCUT2D eigenvalue weighted by molar-refractivity contribution is 6.05. The van der Waals surface area contributed by atoms with Gasteiger partial charge in [-0.2, -0.15) is 5.26 Å². The summed E-state index contributed by atoms with van der Waals surface area (Å²) in [4.78, 5) is 23.4. The minimum absolute atomic E-state index is 0.0691. The van der Waals surface area contributed by atoms with E-state index in [9.17, 15) is 14.9 Å². The summed E-state index contributed by atoms with van der Waals surface area (Å²) in [6, 6.07) is 6.60. The quantitative estimate of drug-likeness (QED) is 0.881. The van der Waals surface area contributed by atoms with Crippen LogP contribution in [0.4, 0.5) is 0 Å². The molecule has 5 heteroatoms. The molecule has 2 N–H and O–H groups in total. The van der Waals surface area contributed by atoms with Gasteiger partial charge in [0.2, 0.25) is 0 Å². The number of carbonyl (C=O) groups excluding carboxylic acids is 1. The van der Waals surface area contributed by atoms with E-state index in [4.69, 9.17) is 5.11 Å². The average molecular weight is 274 g/mol. The van der Waals surface area contributed by atoms with Gasteiger partial charge in [-0.1, -0.05) is 25.5 Å². The normalized spacial score (nSPS) is 13.4. The molecule has 1 atom stereocenters. The number of carboxylic acid groups (broad SMARTS) is 1. The van der Waals surface area contributed by atoms with Crippen LogP contribution in [0.1, 0.15) is 47.1 Å². The summed E-state index contributed by atoms with van der Waals surface area (Å²) in [7, 11) is 0. The third-order valence-corrected chi connectivity index (χ3v) is 3.41. The largest absolute Gasteiger partial charge is 0.478 e. The Labute approximate surface area is 118 Å². The molecule has 5 nitrogen and oxygen atoms in total. The molecular weight excluding hydrogens is 256 g/mol. The van der Waals surface area contributed by atoms with Crippen LogP contribution in [0.2, 0.25) is 0 Å². The van der Waals surface area contributed by atoms with Crippen LogP contribution in [0.5, 0.6) is 0 Å². The Morgan fingerprint density at radius 2 is 1.95 bits per heavy atom. The highest BCUT2D eigenvalue weighted by Crippen LogP contribution is 2.18. The Bertz CT molecular complexity index is 587. The number of nitrogens with one attached hydrogen (secondary N) is 1. The van der Waals surface area contributed by atoms with Crippen molar-refractivity contribution >= 4 is 11.9 Å².